The molecule has 2 aromatic heterocycles. The van der Waals surface area contributed by atoms with Crippen molar-refractivity contribution >= 4 is 5.65 Å². The van der Waals surface area contributed by atoms with Crippen molar-refractivity contribution in [1.29, 1.82) is 0 Å². The maximum Gasteiger partial charge on any atom is 0.155 e. The second kappa shape index (κ2) is 3.14. The van der Waals surface area contributed by atoms with Crippen LogP contribution < -0.4 is 0 Å². The van der Waals surface area contributed by atoms with Crippen molar-refractivity contribution in [1.82, 2.24) is 14.4 Å². The molecule has 4 nitrogen and oxygen atoms in total. The summed E-state index contributed by atoms with van der Waals surface area (Å²) in [6, 6.07) is 0. The van der Waals surface area contributed by atoms with Gasteiger partial charge in [0.1, 0.15) is 0 Å². The van der Waals surface area contributed by atoms with Crippen LogP contribution in [0.2, 0.25) is 0 Å². The van der Waals surface area contributed by atoms with Gasteiger partial charge in [-0.25, -0.2) is 4.98 Å². The summed E-state index contributed by atoms with van der Waals surface area (Å²) >= 11 is 0. The molecule has 0 fully saturated rings. The number of aliphatic hydroxyl groups is 1. The van der Waals surface area contributed by atoms with E-state index in [0.717, 1.165) is 11.3 Å². The zero-order valence-corrected chi connectivity index (χ0v) is 7.38. The molecule has 0 spiro atoms. The van der Waals surface area contributed by atoms with E-state index in [0.29, 0.717) is 6.42 Å². The number of aliphatic hydroxyl groups excluding tert-OH is 1. The molecular weight excluding hydrogens is 166 g/mol. The van der Waals surface area contributed by atoms with E-state index < -0.39 is 0 Å². The van der Waals surface area contributed by atoms with Crippen LogP contribution in [0.25, 0.3) is 5.65 Å². The van der Waals surface area contributed by atoms with Gasteiger partial charge in [-0.2, -0.15) is 0 Å². The molecule has 2 heterocycles. The Kier molecular flexibility index (Phi) is 1.98. The van der Waals surface area contributed by atoms with E-state index in [1.807, 2.05) is 10.6 Å². The molecule has 0 saturated carbocycles. The zero-order chi connectivity index (χ0) is 9.26. The molecule has 2 aromatic rings. The Hall–Kier alpha value is -1.42. The fourth-order valence-corrected chi connectivity index (χ4v) is 1.35. The molecule has 68 valence electrons. The Bertz CT molecular complexity index is 408. The van der Waals surface area contributed by atoms with E-state index in [1.54, 1.807) is 25.5 Å². The molecular formula is C9H11N3O. The number of hydrogen-bond donors (Lipinski definition) is 1. The third kappa shape index (κ3) is 1.53. The summed E-state index contributed by atoms with van der Waals surface area (Å²) in [6.45, 7) is 1.76. The van der Waals surface area contributed by atoms with Crippen molar-refractivity contribution in [3.8, 4) is 0 Å². The minimum absolute atomic E-state index is 0.340. The smallest absolute Gasteiger partial charge is 0.155 e. The number of hydrogen-bond acceptors (Lipinski definition) is 3. The van der Waals surface area contributed by atoms with Gasteiger partial charge in [-0.3, -0.25) is 4.98 Å². The van der Waals surface area contributed by atoms with Gasteiger partial charge >= 0.3 is 0 Å². The largest absolute Gasteiger partial charge is 0.393 e. The Morgan fingerprint density at radius 2 is 2.38 bits per heavy atom. The van der Waals surface area contributed by atoms with Crippen molar-refractivity contribution in [2.45, 2.75) is 19.4 Å². The fraction of sp³-hybridized carbons (Fsp3) is 0.333. The molecule has 0 unspecified atom stereocenters. The standard InChI is InChI=1S/C9H11N3O/c1-7(13)4-8-5-11-9-6-10-2-3-12(8)9/h2-3,5-7,13H,4H2,1H3/t7-/m0/s1. The first-order valence-corrected chi connectivity index (χ1v) is 4.21. The van der Waals surface area contributed by atoms with Crippen molar-refractivity contribution in [2.75, 3.05) is 0 Å². The molecule has 1 atom stereocenters. The van der Waals surface area contributed by atoms with Gasteiger partial charge in [-0.15, -0.1) is 0 Å². The predicted octanol–water partition coefficient (Wildman–Crippen LogP) is 0.653. The normalized spacial score (nSPS) is 13.4. The van der Waals surface area contributed by atoms with Crippen molar-refractivity contribution in [2.24, 2.45) is 0 Å². The third-order valence-electron chi connectivity index (χ3n) is 1.90. The number of fused-ring (bicyclic) bond motifs is 1. The molecule has 1 N–H and O–H groups in total. The Morgan fingerprint density at radius 1 is 1.54 bits per heavy atom. The summed E-state index contributed by atoms with van der Waals surface area (Å²) in [6.07, 6.45) is 7.30. The van der Waals surface area contributed by atoms with Crippen molar-refractivity contribution in [3.63, 3.8) is 0 Å². The second-order valence-electron chi connectivity index (χ2n) is 3.11. The lowest BCUT2D eigenvalue weighted by atomic mass is 10.2. The van der Waals surface area contributed by atoms with Gasteiger partial charge in [0.05, 0.1) is 12.3 Å². The first-order valence-electron chi connectivity index (χ1n) is 4.21. The summed E-state index contributed by atoms with van der Waals surface area (Å²) in [5, 5.41) is 9.23. The Morgan fingerprint density at radius 3 is 3.15 bits per heavy atom. The van der Waals surface area contributed by atoms with Gasteiger partial charge in [0.2, 0.25) is 0 Å². The molecule has 0 aliphatic carbocycles. The van der Waals surface area contributed by atoms with Gasteiger partial charge in [-0.1, -0.05) is 0 Å². The average molecular weight is 177 g/mol. The Labute approximate surface area is 75.9 Å². The third-order valence-corrected chi connectivity index (χ3v) is 1.90. The van der Waals surface area contributed by atoms with Crippen molar-refractivity contribution < 1.29 is 5.11 Å². The van der Waals surface area contributed by atoms with Gasteiger partial charge in [0, 0.05) is 30.7 Å². The van der Waals surface area contributed by atoms with Crippen LogP contribution in [0, 0.1) is 0 Å². The van der Waals surface area contributed by atoms with Crippen LogP contribution in [0.4, 0.5) is 0 Å². The highest BCUT2D eigenvalue weighted by molar-refractivity contribution is 5.36. The van der Waals surface area contributed by atoms with Crippen LogP contribution in [-0.2, 0) is 6.42 Å². The molecule has 0 aliphatic heterocycles. The van der Waals surface area contributed by atoms with E-state index in [1.165, 1.54) is 0 Å². The topological polar surface area (TPSA) is 50.4 Å². The van der Waals surface area contributed by atoms with E-state index in [4.69, 9.17) is 0 Å². The minimum Gasteiger partial charge on any atom is -0.393 e. The van der Waals surface area contributed by atoms with E-state index in [9.17, 15) is 5.11 Å². The number of nitrogens with zero attached hydrogens (tertiary/aromatic N) is 3. The van der Waals surface area contributed by atoms with Gasteiger partial charge in [-0.05, 0) is 6.92 Å². The number of aromatic nitrogens is 3. The summed E-state index contributed by atoms with van der Waals surface area (Å²) in [7, 11) is 0. The lowest BCUT2D eigenvalue weighted by Crippen LogP contribution is -2.06. The fourth-order valence-electron chi connectivity index (χ4n) is 1.35. The summed E-state index contributed by atoms with van der Waals surface area (Å²) in [4.78, 5) is 8.12. The molecule has 0 bridgehead atoms. The van der Waals surface area contributed by atoms with Crippen LogP contribution >= 0.6 is 0 Å². The maximum absolute atomic E-state index is 9.23. The van der Waals surface area contributed by atoms with Gasteiger partial charge < -0.3 is 9.51 Å². The number of imidazole rings is 1. The highest BCUT2D eigenvalue weighted by Gasteiger charge is 2.04. The second-order valence-corrected chi connectivity index (χ2v) is 3.11. The summed E-state index contributed by atoms with van der Waals surface area (Å²) < 4.78 is 1.93. The molecule has 0 aliphatic rings. The van der Waals surface area contributed by atoms with Crippen LogP contribution in [0.5, 0.6) is 0 Å². The van der Waals surface area contributed by atoms with Crippen LogP contribution in [0.15, 0.2) is 24.8 Å². The highest BCUT2D eigenvalue weighted by atomic mass is 16.3. The summed E-state index contributed by atoms with van der Waals surface area (Å²) in [5.74, 6) is 0. The molecule has 4 heteroatoms. The lowest BCUT2D eigenvalue weighted by Gasteiger charge is -2.02. The molecule has 0 radical (unpaired) electrons. The molecule has 0 amide bonds. The van der Waals surface area contributed by atoms with Crippen LogP contribution in [0.1, 0.15) is 12.6 Å². The molecule has 13 heavy (non-hydrogen) atoms. The van der Waals surface area contributed by atoms with Crippen LogP contribution in [0.3, 0.4) is 0 Å². The molecule has 0 aromatic carbocycles. The van der Waals surface area contributed by atoms with Gasteiger partial charge in [0.15, 0.2) is 5.65 Å². The van der Waals surface area contributed by atoms with Crippen molar-refractivity contribution in [3.05, 3.63) is 30.5 Å². The summed E-state index contributed by atoms with van der Waals surface area (Å²) in [5.41, 5.74) is 1.82. The molecule has 0 saturated heterocycles. The van der Waals surface area contributed by atoms with E-state index in [2.05, 4.69) is 9.97 Å². The zero-order valence-electron chi connectivity index (χ0n) is 7.38. The average Bonchev–Trinajstić information content (AvgIpc) is 2.48. The lowest BCUT2D eigenvalue weighted by molar-refractivity contribution is 0.194. The van der Waals surface area contributed by atoms with E-state index in [-0.39, 0.29) is 6.10 Å². The maximum atomic E-state index is 9.23. The highest BCUT2D eigenvalue weighted by Crippen LogP contribution is 2.06. The van der Waals surface area contributed by atoms with Crippen LogP contribution in [-0.4, -0.2) is 25.6 Å². The molecule has 2 rings (SSSR count). The van der Waals surface area contributed by atoms with Gasteiger partial charge in [0.25, 0.3) is 0 Å². The quantitative estimate of drug-likeness (QED) is 0.732. The monoisotopic (exact) mass is 177 g/mol. The first-order chi connectivity index (χ1) is 6.27. The first kappa shape index (κ1) is 8.19. The number of rotatable bonds is 2. The van der Waals surface area contributed by atoms with E-state index >= 15 is 0 Å². The SMILES string of the molecule is C[C@H](O)Cc1cnc2cnccn12. The Balaban J connectivity index is 2.46. The minimum atomic E-state index is -0.340. The predicted molar refractivity (Wildman–Crippen MR) is 48.4 cm³/mol.